The molecule has 0 saturated carbocycles. The summed E-state index contributed by atoms with van der Waals surface area (Å²) in [5, 5.41) is 0. The smallest absolute Gasteiger partial charge is 0.282 e. The van der Waals surface area contributed by atoms with Crippen molar-refractivity contribution in [2.45, 2.75) is 19.5 Å². The largest absolute Gasteiger partial charge is 0.383 e. The summed E-state index contributed by atoms with van der Waals surface area (Å²) in [5.41, 5.74) is 1.18. The first-order valence-electron chi connectivity index (χ1n) is 8.92. The van der Waals surface area contributed by atoms with Crippen molar-refractivity contribution in [2.75, 3.05) is 13.7 Å². The highest BCUT2D eigenvalue weighted by molar-refractivity contribution is 5.94. The maximum atomic E-state index is 13.6. The molecule has 1 amide bonds. The molecule has 3 rings (SSSR count). The molecular weight excluding hydrogens is 361 g/mol. The first-order chi connectivity index (χ1) is 13.4. The predicted molar refractivity (Wildman–Crippen MR) is 105 cm³/mol. The molecule has 1 aromatic heterocycles. The molecule has 3 aromatic rings. The van der Waals surface area contributed by atoms with Gasteiger partial charge in [-0.2, -0.15) is 0 Å². The van der Waals surface area contributed by atoms with Crippen molar-refractivity contribution in [3.63, 3.8) is 0 Å². The van der Waals surface area contributed by atoms with E-state index < -0.39 is 11.5 Å². The molecular formula is C21H22FN3O3. The van der Waals surface area contributed by atoms with Gasteiger partial charge in [-0.15, -0.1) is 0 Å². The number of aromatic nitrogens is 2. The number of ether oxygens (including phenoxy) is 1. The van der Waals surface area contributed by atoms with Crippen LogP contribution in [-0.2, 0) is 18.3 Å². The molecule has 0 bridgehead atoms. The van der Waals surface area contributed by atoms with Crippen LogP contribution in [-0.4, -0.2) is 40.1 Å². The van der Waals surface area contributed by atoms with E-state index >= 15 is 0 Å². The van der Waals surface area contributed by atoms with E-state index in [-0.39, 0.29) is 30.7 Å². The fraction of sp³-hybridized carbons (Fsp3) is 0.286. The maximum Gasteiger partial charge on any atom is 0.282 e. The average molecular weight is 383 g/mol. The summed E-state index contributed by atoms with van der Waals surface area (Å²) in [7, 11) is 3.15. The van der Waals surface area contributed by atoms with E-state index in [4.69, 9.17) is 4.74 Å². The van der Waals surface area contributed by atoms with Crippen molar-refractivity contribution in [3.8, 4) is 0 Å². The van der Waals surface area contributed by atoms with Crippen molar-refractivity contribution in [2.24, 2.45) is 7.05 Å². The van der Waals surface area contributed by atoms with Crippen molar-refractivity contribution in [3.05, 3.63) is 76.0 Å². The molecule has 0 fully saturated rings. The van der Waals surface area contributed by atoms with Crippen LogP contribution in [0.2, 0.25) is 0 Å². The summed E-state index contributed by atoms with van der Waals surface area (Å²) in [6.07, 6.45) is 0. The van der Waals surface area contributed by atoms with Gasteiger partial charge in [0.25, 0.3) is 11.5 Å². The topological polar surface area (TPSA) is 64.4 Å². The van der Waals surface area contributed by atoms with Gasteiger partial charge in [0.05, 0.1) is 23.7 Å². The SMILES string of the molecule is COC[C@H](C)N(Cc1cccc(F)c1)C(=O)c1nc2ccccc2n(C)c1=O. The van der Waals surface area contributed by atoms with Gasteiger partial charge < -0.3 is 14.2 Å². The van der Waals surface area contributed by atoms with Crippen LogP contribution >= 0.6 is 0 Å². The number of carbonyl (C=O) groups is 1. The molecule has 7 heteroatoms. The minimum Gasteiger partial charge on any atom is -0.383 e. The van der Waals surface area contributed by atoms with Gasteiger partial charge >= 0.3 is 0 Å². The number of fused-ring (bicyclic) bond motifs is 1. The monoisotopic (exact) mass is 383 g/mol. The molecule has 0 aliphatic heterocycles. The predicted octanol–water partition coefficient (Wildman–Crippen LogP) is 2.75. The van der Waals surface area contributed by atoms with Crippen LogP contribution in [0, 0.1) is 5.82 Å². The molecule has 28 heavy (non-hydrogen) atoms. The van der Waals surface area contributed by atoms with Crippen LogP contribution in [0.4, 0.5) is 4.39 Å². The normalized spacial score (nSPS) is 12.1. The zero-order valence-electron chi connectivity index (χ0n) is 16.1. The first kappa shape index (κ1) is 19.7. The Morgan fingerprint density at radius 1 is 1.25 bits per heavy atom. The fourth-order valence-electron chi connectivity index (χ4n) is 3.15. The molecule has 146 valence electrons. The van der Waals surface area contributed by atoms with Gasteiger partial charge in [-0.25, -0.2) is 9.37 Å². The van der Waals surface area contributed by atoms with Crippen molar-refractivity contribution < 1.29 is 13.9 Å². The van der Waals surface area contributed by atoms with Gasteiger partial charge in [0.1, 0.15) is 5.82 Å². The van der Waals surface area contributed by atoms with Gasteiger partial charge in [-0.1, -0.05) is 24.3 Å². The number of halogens is 1. The summed E-state index contributed by atoms with van der Waals surface area (Å²) in [4.78, 5) is 31.8. The summed E-state index contributed by atoms with van der Waals surface area (Å²) < 4.78 is 20.2. The lowest BCUT2D eigenvalue weighted by Gasteiger charge is -2.28. The lowest BCUT2D eigenvalue weighted by molar-refractivity contribution is 0.0534. The van der Waals surface area contributed by atoms with Crippen LogP contribution in [0.25, 0.3) is 11.0 Å². The van der Waals surface area contributed by atoms with Gasteiger partial charge in [0.2, 0.25) is 0 Å². The van der Waals surface area contributed by atoms with Crippen molar-refractivity contribution >= 4 is 16.9 Å². The van der Waals surface area contributed by atoms with Gasteiger partial charge in [0.15, 0.2) is 5.69 Å². The van der Waals surface area contributed by atoms with E-state index in [1.807, 2.05) is 13.0 Å². The Morgan fingerprint density at radius 3 is 2.71 bits per heavy atom. The van der Waals surface area contributed by atoms with E-state index in [0.29, 0.717) is 16.6 Å². The second kappa shape index (κ2) is 8.31. The lowest BCUT2D eigenvalue weighted by atomic mass is 10.1. The number of aryl methyl sites for hydroxylation is 1. The average Bonchev–Trinajstić information content (AvgIpc) is 2.68. The molecule has 0 unspecified atom stereocenters. The number of rotatable bonds is 6. The van der Waals surface area contributed by atoms with Crippen LogP contribution in [0.15, 0.2) is 53.3 Å². The summed E-state index contributed by atoms with van der Waals surface area (Å²) in [5.74, 6) is -0.899. The third-order valence-electron chi connectivity index (χ3n) is 4.63. The van der Waals surface area contributed by atoms with Crippen molar-refractivity contribution in [1.29, 1.82) is 0 Å². The number of amides is 1. The van der Waals surface area contributed by atoms with Crippen molar-refractivity contribution in [1.82, 2.24) is 14.5 Å². The second-order valence-corrected chi connectivity index (χ2v) is 6.68. The standard InChI is InChI=1S/C21H22FN3O3/c1-14(13-28-3)25(12-15-7-6-8-16(22)11-15)21(27)19-20(26)24(2)18-10-5-4-9-17(18)23-19/h4-11,14H,12-13H2,1-3H3/t14-/m0/s1. The Bertz CT molecular complexity index is 1060. The number of hydrogen-bond acceptors (Lipinski definition) is 4. The van der Waals surface area contributed by atoms with Gasteiger partial charge in [-0.3, -0.25) is 9.59 Å². The highest BCUT2D eigenvalue weighted by Gasteiger charge is 2.26. The maximum absolute atomic E-state index is 13.6. The third kappa shape index (κ3) is 3.94. The van der Waals surface area contributed by atoms with E-state index in [1.165, 1.54) is 28.7 Å². The molecule has 0 spiro atoms. The Morgan fingerprint density at radius 2 is 2.00 bits per heavy atom. The highest BCUT2D eigenvalue weighted by atomic mass is 19.1. The molecule has 1 heterocycles. The summed E-state index contributed by atoms with van der Waals surface area (Å²) >= 11 is 0. The Hall–Kier alpha value is -3.06. The first-order valence-corrected chi connectivity index (χ1v) is 8.92. The molecule has 0 radical (unpaired) electrons. The van der Waals surface area contributed by atoms with Crippen LogP contribution in [0.3, 0.4) is 0 Å². The Labute approximate surface area is 162 Å². The molecule has 1 atom stereocenters. The summed E-state index contributed by atoms with van der Waals surface area (Å²) in [6.45, 7) is 2.22. The molecule has 2 aromatic carbocycles. The molecule has 6 nitrogen and oxygen atoms in total. The number of para-hydroxylation sites is 2. The highest BCUT2D eigenvalue weighted by Crippen LogP contribution is 2.15. The minimum atomic E-state index is -0.514. The van der Waals surface area contributed by atoms with Crippen LogP contribution in [0.5, 0.6) is 0 Å². The number of hydrogen-bond donors (Lipinski definition) is 0. The van der Waals surface area contributed by atoms with Gasteiger partial charge in [-0.05, 0) is 36.8 Å². The minimum absolute atomic E-state index is 0.138. The zero-order chi connectivity index (χ0) is 20.3. The molecule has 0 saturated heterocycles. The van der Waals surface area contributed by atoms with Crippen LogP contribution < -0.4 is 5.56 Å². The third-order valence-corrected chi connectivity index (χ3v) is 4.63. The van der Waals surface area contributed by atoms with E-state index in [1.54, 1.807) is 37.4 Å². The lowest BCUT2D eigenvalue weighted by Crippen LogP contribution is -2.43. The Balaban J connectivity index is 2.05. The fourth-order valence-corrected chi connectivity index (χ4v) is 3.15. The van der Waals surface area contributed by atoms with E-state index in [2.05, 4.69) is 4.98 Å². The number of carbonyl (C=O) groups excluding carboxylic acids is 1. The molecule has 0 N–H and O–H groups in total. The number of benzene rings is 2. The summed E-state index contributed by atoms with van der Waals surface area (Å²) in [6, 6.07) is 12.8. The quantitative estimate of drug-likeness (QED) is 0.657. The second-order valence-electron chi connectivity index (χ2n) is 6.68. The zero-order valence-corrected chi connectivity index (χ0v) is 16.1. The molecule has 0 aliphatic carbocycles. The van der Waals surface area contributed by atoms with E-state index in [9.17, 15) is 14.0 Å². The van der Waals surface area contributed by atoms with E-state index in [0.717, 1.165) is 0 Å². The van der Waals surface area contributed by atoms with Crippen LogP contribution in [0.1, 0.15) is 23.0 Å². The number of methoxy groups -OCH3 is 1. The number of nitrogens with zero attached hydrogens (tertiary/aromatic N) is 3. The Kier molecular flexibility index (Phi) is 5.84. The molecule has 0 aliphatic rings. The van der Waals surface area contributed by atoms with Gasteiger partial charge in [0, 0.05) is 20.7 Å².